The molecule has 9 heteroatoms. The van der Waals surface area contributed by atoms with Gasteiger partial charge in [0.2, 0.25) is 16.2 Å². The molecular formula is C19H25N5O3S. The van der Waals surface area contributed by atoms with Crippen LogP contribution in [0.1, 0.15) is 17.9 Å². The van der Waals surface area contributed by atoms with Crippen molar-refractivity contribution in [1.29, 1.82) is 0 Å². The summed E-state index contributed by atoms with van der Waals surface area (Å²) in [5, 5.41) is 23.2. The highest BCUT2D eigenvalue weighted by atomic mass is 32.1. The topological polar surface area (TPSA) is 114 Å². The number of nitrogens with one attached hydrogen (secondary N) is 1. The van der Waals surface area contributed by atoms with E-state index < -0.39 is 6.10 Å². The Morgan fingerprint density at radius 1 is 1.43 bits per heavy atom. The number of carbonyl (C=O) groups is 1. The largest absolute Gasteiger partial charge is 0.391 e. The van der Waals surface area contributed by atoms with Crippen LogP contribution in [0.2, 0.25) is 0 Å². The van der Waals surface area contributed by atoms with Crippen LogP contribution in [0.4, 0.5) is 10.3 Å². The maximum absolute atomic E-state index is 12.1. The highest BCUT2D eigenvalue weighted by Crippen LogP contribution is 2.69. The molecule has 8 nitrogen and oxygen atoms in total. The summed E-state index contributed by atoms with van der Waals surface area (Å²) in [6, 6.07) is 10.2. The van der Waals surface area contributed by atoms with Crippen LogP contribution in [0.3, 0.4) is 0 Å². The SMILES string of the molecule is COCCC(=O)NC[C@@H]1[C@@H](c2ccccc2)[C@]12CN(c1nnc(N)s1)C[C@@H]2O. The number of carbonyl (C=O) groups excluding carboxylic acids is 1. The average molecular weight is 404 g/mol. The number of hydrogen-bond donors (Lipinski definition) is 3. The summed E-state index contributed by atoms with van der Waals surface area (Å²) >= 11 is 1.33. The molecule has 4 N–H and O–H groups in total. The Balaban J connectivity index is 1.53. The number of anilines is 2. The van der Waals surface area contributed by atoms with E-state index in [1.54, 1.807) is 7.11 Å². The maximum atomic E-state index is 12.1. The first kappa shape index (κ1) is 19.1. The van der Waals surface area contributed by atoms with Crippen molar-refractivity contribution >= 4 is 27.5 Å². The Hall–Kier alpha value is -2.23. The minimum Gasteiger partial charge on any atom is -0.391 e. The van der Waals surface area contributed by atoms with Gasteiger partial charge < -0.3 is 25.8 Å². The second kappa shape index (κ2) is 7.65. The fraction of sp³-hybridized carbons (Fsp3) is 0.526. The third kappa shape index (κ3) is 3.34. The first-order valence-electron chi connectivity index (χ1n) is 9.39. The van der Waals surface area contributed by atoms with E-state index in [0.29, 0.717) is 37.8 Å². The standard InChI is InChI=1S/C19H25N5O3S/c1-27-8-7-15(26)21-9-13-16(12-5-3-2-4-6-12)19(13)11-24(10-14(19)25)18-23-22-17(20)28-18/h2-6,13-14,16,25H,7-11H2,1H3,(H2,20,22)(H,21,26)/t13-,14+,16-,19-/m1/s1. The van der Waals surface area contributed by atoms with Gasteiger partial charge in [-0.05, 0) is 17.4 Å². The van der Waals surface area contributed by atoms with E-state index in [0.717, 1.165) is 5.13 Å². The molecule has 2 fully saturated rings. The minimum absolute atomic E-state index is 0.0306. The zero-order valence-corrected chi connectivity index (χ0v) is 16.6. The number of nitrogens with zero attached hydrogens (tertiary/aromatic N) is 3. The molecule has 1 aliphatic carbocycles. The van der Waals surface area contributed by atoms with E-state index in [-0.39, 0.29) is 23.2 Å². The van der Waals surface area contributed by atoms with Crippen LogP contribution in [0, 0.1) is 11.3 Å². The lowest BCUT2D eigenvalue weighted by molar-refractivity contribution is -0.122. The van der Waals surface area contributed by atoms with Gasteiger partial charge in [0.1, 0.15) is 0 Å². The third-order valence-corrected chi connectivity index (χ3v) is 6.77. The van der Waals surface area contributed by atoms with Crippen molar-refractivity contribution in [2.75, 3.05) is 44.0 Å². The van der Waals surface area contributed by atoms with E-state index in [9.17, 15) is 9.90 Å². The molecule has 1 amide bonds. The average Bonchev–Trinajstić information content (AvgIpc) is 2.93. The summed E-state index contributed by atoms with van der Waals surface area (Å²) < 4.78 is 4.97. The van der Waals surface area contributed by atoms with Crippen molar-refractivity contribution in [2.45, 2.75) is 18.4 Å². The number of β-amino-alcohol motifs (C(OH)–C–C–N with tert-alkyl or cyclic N) is 1. The van der Waals surface area contributed by atoms with Gasteiger partial charge in [0, 0.05) is 38.6 Å². The molecule has 4 atom stereocenters. The normalized spacial score (nSPS) is 28.6. The van der Waals surface area contributed by atoms with Gasteiger partial charge in [0.15, 0.2) is 0 Å². The van der Waals surface area contributed by atoms with Gasteiger partial charge in [0.05, 0.1) is 12.7 Å². The number of benzene rings is 1. The van der Waals surface area contributed by atoms with Crippen LogP contribution < -0.4 is 16.0 Å². The van der Waals surface area contributed by atoms with Gasteiger partial charge in [0.25, 0.3) is 0 Å². The maximum Gasteiger partial charge on any atom is 0.222 e. The second-order valence-electron chi connectivity index (χ2n) is 7.47. The number of methoxy groups -OCH3 is 1. The van der Waals surface area contributed by atoms with Crippen LogP contribution in [0.25, 0.3) is 0 Å². The highest BCUT2D eigenvalue weighted by molar-refractivity contribution is 7.18. The lowest BCUT2D eigenvalue weighted by Crippen LogP contribution is -2.30. The highest BCUT2D eigenvalue weighted by Gasteiger charge is 2.71. The van der Waals surface area contributed by atoms with E-state index in [1.807, 2.05) is 18.2 Å². The van der Waals surface area contributed by atoms with Gasteiger partial charge in [-0.2, -0.15) is 0 Å². The zero-order valence-electron chi connectivity index (χ0n) is 15.7. The Morgan fingerprint density at radius 2 is 2.21 bits per heavy atom. The number of ether oxygens (including phenoxy) is 1. The van der Waals surface area contributed by atoms with Crippen molar-refractivity contribution in [2.24, 2.45) is 11.3 Å². The quantitative estimate of drug-likeness (QED) is 0.628. The monoisotopic (exact) mass is 403 g/mol. The molecule has 1 aromatic carbocycles. The van der Waals surface area contributed by atoms with Crippen LogP contribution >= 0.6 is 11.3 Å². The number of rotatable bonds is 7. The number of aliphatic hydroxyl groups excluding tert-OH is 1. The molecule has 0 unspecified atom stereocenters. The summed E-state index contributed by atoms with van der Waals surface area (Å²) in [6.45, 7) is 2.09. The zero-order chi connectivity index (χ0) is 19.7. The molecule has 0 radical (unpaired) electrons. The van der Waals surface area contributed by atoms with Crippen molar-refractivity contribution in [3.8, 4) is 0 Å². The first-order valence-corrected chi connectivity index (χ1v) is 10.2. The molecule has 0 bridgehead atoms. The van der Waals surface area contributed by atoms with E-state index in [2.05, 4.69) is 32.5 Å². The van der Waals surface area contributed by atoms with E-state index >= 15 is 0 Å². The molecule has 1 saturated heterocycles. The van der Waals surface area contributed by atoms with Crippen molar-refractivity contribution in [1.82, 2.24) is 15.5 Å². The van der Waals surface area contributed by atoms with Crippen molar-refractivity contribution < 1.29 is 14.6 Å². The molecule has 1 spiro atoms. The minimum atomic E-state index is -0.510. The van der Waals surface area contributed by atoms with Crippen molar-refractivity contribution in [3.05, 3.63) is 35.9 Å². The molecule has 1 aliphatic heterocycles. The summed E-state index contributed by atoms with van der Waals surface area (Å²) in [5.41, 5.74) is 6.61. The summed E-state index contributed by atoms with van der Waals surface area (Å²) in [4.78, 5) is 14.1. The lowest BCUT2D eigenvalue weighted by atomic mass is 9.95. The third-order valence-electron chi connectivity index (χ3n) is 5.95. The Labute approximate surface area is 167 Å². The van der Waals surface area contributed by atoms with Crippen LogP contribution in [-0.4, -0.2) is 60.7 Å². The number of nitrogen functional groups attached to an aromatic ring is 1. The Bertz CT molecular complexity index is 832. The molecule has 2 heterocycles. The Morgan fingerprint density at radius 3 is 2.89 bits per heavy atom. The van der Waals surface area contributed by atoms with Crippen LogP contribution in [-0.2, 0) is 9.53 Å². The van der Waals surface area contributed by atoms with Gasteiger partial charge in [-0.25, -0.2) is 0 Å². The van der Waals surface area contributed by atoms with Gasteiger partial charge in [-0.3, -0.25) is 4.79 Å². The smallest absolute Gasteiger partial charge is 0.222 e. The molecule has 2 aliphatic rings. The van der Waals surface area contributed by atoms with E-state index in [1.165, 1.54) is 16.9 Å². The molecule has 1 saturated carbocycles. The molecule has 4 rings (SSSR count). The van der Waals surface area contributed by atoms with Gasteiger partial charge in [-0.1, -0.05) is 41.7 Å². The number of aliphatic hydroxyl groups is 1. The predicted octanol–water partition coefficient (Wildman–Crippen LogP) is 0.854. The Kier molecular flexibility index (Phi) is 5.22. The fourth-order valence-electron chi connectivity index (χ4n) is 4.61. The lowest BCUT2D eigenvalue weighted by Gasteiger charge is -2.15. The second-order valence-corrected chi connectivity index (χ2v) is 8.46. The number of amides is 1. The molecule has 150 valence electrons. The number of hydrogen-bond acceptors (Lipinski definition) is 8. The number of aromatic nitrogens is 2. The van der Waals surface area contributed by atoms with Crippen LogP contribution in [0.5, 0.6) is 0 Å². The summed E-state index contributed by atoms with van der Waals surface area (Å²) in [5.74, 6) is 0.310. The summed E-state index contributed by atoms with van der Waals surface area (Å²) in [7, 11) is 1.58. The predicted molar refractivity (Wildman–Crippen MR) is 107 cm³/mol. The van der Waals surface area contributed by atoms with Crippen LogP contribution in [0.15, 0.2) is 30.3 Å². The van der Waals surface area contributed by atoms with Gasteiger partial charge >= 0.3 is 0 Å². The molecule has 1 aromatic heterocycles. The summed E-state index contributed by atoms with van der Waals surface area (Å²) in [6.07, 6.45) is -0.172. The molecule has 2 aromatic rings. The first-order chi connectivity index (χ1) is 13.6. The van der Waals surface area contributed by atoms with E-state index in [4.69, 9.17) is 10.5 Å². The molecule has 28 heavy (non-hydrogen) atoms. The van der Waals surface area contributed by atoms with Gasteiger partial charge in [-0.15, -0.1) is 10.2 Å². The number of nitrogens with two attached hydrogens (primary N) is 1. The van der Waals surface area contributed by atoms with Crippen molar-refractivity contribution in [3.63, 3.8) is 0 Å². The fourth-order valence-corrected chi connectivity index (χ4v) is 5.23. The molecular weight excluding hydrogens is 378 g/mol.